The number of hydrogen-bond acceptors (Lipinski definition) is 3. The predicted octanol–water partition coefficient (Wildman–Crippen LogP) is 3.13. The van der Waals surface area contributed by atoms with Crippen LogP contribution in [0.1, 0.15) is 25.3 Å². The van der Waals surface area contributed by atoms with Crippen LogP contribution in [0, 0.1) is 5.92 Å². The van der Waals surface area contributed by atoms with Gasteiger partial charge >= 0.3 is 0 Å². The van der Waals surface area contributed by atoms with Gasteiger partial charge in [-0.15, -0.1) is 0 Å². The Kier molecular flexibility index (Phi) is 5.54. The molecule has 0 spiro atoms. The van der Waals surface area contributed by atoms with Crippen LogP contribution >= 0.6 is 23.2 Å². The Balaban J connectivity index is 2.38. The first-order valence-electron chi connectivity index (χ1n) is 7.02. The zero-order chi connectivity index (χ0) is 15.6. The van der Waals surface area contributed by atoms with Gasteiger partial charge in [0.25, 0.3) is 0 Å². The van der Waals surface area contributed by atoms with E-state index < -0.39 is 10.0 Å². The van der Waals surface area contributed by atoms with E-state index in [1.165, 1.54) is 10.4 Å². The van der Waals surface area contributed by atoms with Crippen LogP contribution in [0.25, 0.3) is 0 Å². The van der Waals surface area contributed by atoms with Gasteiger partial charge in [-0.3, -0.25) is 0 Å². The average Bonchev–Trinajstić information content (AvgIpc) is 2.91. The Labute approximate surface area is 136 Å². The molecule has 2 rings (SSSR count). The maximum Gasteiger partial charge on any atom is 0.244 e. The van der Waals surface area contributed by atoms with Crippen molar-refractivity contribution in [2.24, 2.45) is 5.92 Å². The maximum atomic E-state index is 12.8. The Bertz CT molecular complexity index is 620. The Morgan fingerprint density at radius 2 is 2.05 bits per heavy atom. The highest BCUT2D eigenvalue weighted by molar-refractivity contribution is 7.89. The van der Waals surface area contributed by atoms with Crippen LogP contribution in [-0.4, -0.2) is 32.9 Å². The molecule has 7 heteroatoms. The van der Waals surface area contributed by atoms with Gasteiger partial charge in [-0.1, -0.05) is 36.5 Å². The molecule has 0 radical (unpaired) electrons. The molecule has 1 atom stereocenters. The lowest BCUT2D eigenvalue weighted by Gasteiger charge is -2.18. The highest BCUT2D eigenvalue weighted by Gasteiger charge is 2.33. The molecule has 0 aliphatic carbocycles. The summed E-state index contributed by atoms with van der Waals surface area (Å²) in [7, 11) is -1.77. The van der Waals surface area contributed by atoms with Crippen LogP contribution in [0.3, 0.4) is 0 Å². The number of halogens is 2. The third kappa shape index (κ3) is 3.54. The van der Waals surface area contributed by atoms with Crippen molar-refractivity contribution in [2.45, 2.75) is 31.2 Å². The molecule has 1 saturated heterocycles. The minimum Gasteiger partial charge on any atom is -0.316 e. The zero-order valence-electron chi connectivity index (χ0n) is 12.2. The Morgan fingerprint density at radius 3 is 2.62 bits per heavy atom. The number of rotatable bonds is 5. The van der Waals surface area contributed by atoms with Gasteiger partial charge in [0, 0.05) is 24.7 Å². The van der Waals surface area contributed by atoms with E-state index in [0.29, 0.717) is 30.6 Å². The molecule has 21 heavy (non-hydrogen) atoms. The average molecular weight is 351 g/mol. The topological polar surface area (TPSA) is 49.4 Å². The first-order valence-corrected chi connectivity index (χ1v) is 9.22. The lowest BCUT2D eigenvalue weighted by atomic mass is 10.1. The number of hydrogen-bond donors (Lipinski definition) is 1. The molecule has 1 N–H and O–H groups in total. The summed E-state index contributed by atoms with van der Waals surface area (Å²) in [6, 6.07) is 3.09. The van der Waals surface area contributed by atoms with Gasteiger partial charge in [0.1, 0.15) is 4.90 Å². The second kappa shape index (κ2) is 6.84. The summed E-state index contributed by atoms with van der Waals surface area (Å²) in [6.07, 6.45) is 1.90. The molecule has 1 aromatic rings. The van der Waals surface area contributed by atoms with E-state index in [2.05, 4.69) is 12.2 Å². The number of sulfonamides is 1. The normalized spacial score (nSPS) is 20.1. The molecule has 0 bridgehead atoms. The van der Waals surface area contributed by atoms with Crippen LogP contribution in [0.5, 0.6) is 0 Å². The van der Waals surface area contributed by atoms with E-state index in [1.54, 1.807) is 13.1 Å². The molecule has 0 aromatic heterocycles. The van der Waals surface area contributed by atoms with Gasteiger partial charge in [-0.05, 0) is 37.1 Å². The fraction of sp³-hybridized carbons (Fsp3) is 0.571. The van der Waals surface area contributed by atoms with Crippen molar-refractivity contribution in [1.82, 2.24) is 9.62 Å². The van der Waals surface area contributed by atoms with Gasteiger partial charge in [-0.25, -0.2) is 8.42 Å². The SMILES string of the molecule is CCC1CCN(S(=O)(=O)c2cc(CNC)c(Cl)cc2Cl)C1. The summed E-state index contributed by atoms with van der Waals surface area (Å²) in [6.45, 7) is 3.71. The Hall–Kier alpha value is -0.330. The van der Waals surface area contributed by atoms with Gasteiger partial charge in [0.15, 0.2) is 0 Å². The first-order chi connectivity index (χ1) is 9.90. The second-order valence-electron chi connectivity index (χ2n) is 5.33. The molecular weight excluding hydrogens is 331 g/mol. The van der Waals surface area contributed by atoms with Crippen LogP contribution < -0.4 is 5.32 Å². The van der Waals surface area contributed by atoms with Gasteiger partial charge in [0.2, 0.25) is 10.0 Å². The smallest absolute Gasteiger partial charge is 0.244 e. The molecule has 1 aliphatic heterocycles. The van der Waals surface area contributed by atoms with Crippen molar-refractivity contribution >= 4 is 33.2 Å². The lowest BCUT2D eigenvalue weighted by molar-refractivity contribution is 0.453. The Morgan fingerprint density at radius 1 is 1.33 bits per heavy atom. The summed E-state index contributed by atoms with van der Waals surface area (Å²) < 4.78 is 27.1. The van der Waals surface area contributed by atoms with E-state index >= 15 is 0 Å². The number of benzene rings is 1. The summed E-state index contributed by atoms with van der Waals surface area (Å²) in [4.78, 5) is 0.149. The van der Waals surface area contributed by atoms with E-state index in [9.17, 15) is 8.42 Å². The molecular formula is C14H20Cl2N2O2S. The minimum atomic E-state index is -3.55. The molecule has 1 aromatic carbocycles. The maximum absolute atomic E-state index is 12.8. The molecule has 0 saturated carbocycles. The van der Waals surface area contributed by atoms with E-state index in [-0.39, 0.29) is 9.92 Å². The summed E-state index contributed by atoms with van der Waals surface area (Å²) in [5.74, 6) is 0.433. The quantitative estimate of drug-likeness (QED) is 0.887. The number of nitrogens with zero attached hydrogens (tertiary/aromatic N) is 1. The van der Waals surface area contributed by atoms with Crippen LogP contribution in [0.15, 0.2) is 17.0 Å². The molecule has 1 unspecified atom stereocenters. The monoisotopic (exact) mass is 350 g/mol. The number of nitrogens with one attached hydrogen (secondary N) is 1. The zero-order valence-corrected chi connectivity index (χ0v) is 14.5. The van der Waals surface area contributed by atoms with Gasteiger partial charge in [0.05, 0.1) is 5.02 Å². The molecule has 1 fully saturated rings. The standard InChI is InChI=1S/C14H20Cl2N2O2S/c1-3-10-4-5-18(9-10)21(19,20)14-6-11(8-17-2)12(15)7-13(14)16/h6-7,10,17H,3-5,8-9H2,1-2H3. The molecule has 118 valence electrons. The summed E-state index contributed by atoms with van der Waals surface area (Å²) >= 11 is 12.2. The second-order valence-corrected chi connectivity index (χ2v) is 8.05. The van der Waals surface area contributed by atoms with E-state index in [4.69, 9.17) is 23.2 Å². The lowest BCUT2D eigenvalue weighted by Crippen LogP contribution is -2.29. The predicted molar refractivity (Wildman–Crippen MR) is 86.4 cm³/mol. The van der Waals surface area contributed by atoms with Gasteiger partial charge < -0.3 is 5.32 Å². The van der Waals surface area contributed by atoms with Crippen molar-refractivity contribution < 1.29 is 8.42 Å². The van der Waals surface area contributed by atoms with Gasteiger partial charge in [-0.2, -0.15) is 4.31 Å². The summed E-state index contributed by atoms with van der Waals surface area (Å²) in [5, 5.41) is 3.63. The van der Waals surface area contributed by atoms with Crippen molar-refractivity contribution in [1.29, 1.82) is 0 Å². The third-order valence-electron chi connectivity index (χ3n) is 3.91. The molecule has 1 heterocycles. The van der Waals surface area contributed by atoms with Crippen LogP contribution in [0.4, 0.5) is 0 Å². The van der Waals surface area contributed by atoms with Crippen LogP contribution in [0.2, 0.25) is 10.0 Å². The first kappa shape index (κ1) is 17.0. The fourth-order valence-corrected chi connectivity index (χ4v) is 4.95. The van der Waals surface area contributed by atoms with E-state index in [0.717, 1.165) is 18.4 Å². The van der Waals surface area contributed by atoms with Crippen molar-refractivity contribution in [3.63, 3.8) is 0 Å². The molecule has 1 aliphatic rings. The molecule has 4 nitrogen and oxygen atoms in total. The third-order valence-corrected chi connectivity index (χ3v) is 6.59. The van der Waals surface area contributed by atoms with Crippen molar-refractivity contribution in [3.8, 4) is 0 Å². The highest BCUT2D eigenvalue weighted by Crippen LogP contribution is 2.33. The fourth-order valence-electron chi connectivity index (χ4n) is 2.58. The molecule has 0 amide bonds. The largest absolute Gasteiger partial charge is 0.316 e. The highest BCUT2D eigenvalue weighted by atomic mass is 35.5. The minimum absolute atomic E-state index is 0.149. The summed E-state index contributed by atoms with van der Waals surface area (Å²) in [5.41, 5.74) is 0.730. The van der Waals surface area contributed by atoms with Crippen molar-refractivity contribution in [2.75, 3.05) is 20.1 Å². The van der Waals surface area contributed by atoms with E-state index in [1.807, 2.05) is 0 Å². The van der Waals surface area contributed by atoms with Crippen molar-refractivity contribution in [3.05, 3.63) is 27.7 Å². The van der Waals surface area contributed by atoms with Crippen LogP contribution in [-0.2, 0) is 16.6 Å².